The van der Waals surface area contributed by atoms with E-state index >= 15 is 0 Å². The summed E-state index contributed by atoms with van der Waals surface area (Å²) in [6, 6.07) is 7.05. The molecule has 0 aromatic heterocycles. The maximum absolute atomic E-state index is 12.4. The Labute approximate surface area is 157 Å². The molecule has 0 bridgehead atoms. The number of hydrogen-bond donors (Lipinski definition) is 2. The quantitative estimate of drug-likeness (QED) is 0.786. The van der Waals surface area contributed by atoms with Crippen LogP contribution in [0.5, 0.6) is 0 Å². The third-order valence-electron chi connectivity index (χ3n) is 4.98. The van der Waals surface area contributed by atoms with Gasteiger partial charge in [-0.3, -0.25) is 4.79 Å². The van der Waals surface area contributed by atoms with Crippen molar-refractivity contribution < 1.29 is 13.2 Å². The van der Waals surface area contributed by atoms with E-state index in [2.05, 4.69) is 25.5 Å². The summed E-state index contributed by atoms with van der Waals surface area (Å²) in [5.74, 6) is 0.311. The van der Waals surface area contributed by atoms with Crippen molar-refractivity contribution in [3.63, 3.8) is 0 Å². The number of nitrogens with two attached hydrogens (primary N) is 1. The zero-order valence-electron chi connectivity index (χ0n) is 16.2. The number of nitrogens with one attached hydrogen (secondary N) is 1. The number of likely N-dealkylation sites (tertiary alicyclic amines) is 1. The van der Waals surface area contributed by atoms with E-state index in [4.69, 9.17) is 5.73 Å². The predicted octanol–water partition coefficient (Wildman–Crippen LogP) is 1.85. The largest absolute Gasteiger partial charge is 0.340 e. The molecule has 6 nitrogen and oxygen atoms in total. The van der Waals surface area contributed by atoms with Crippen molar-refractivity contribution in [2.75, 3.05) is 19.6 Å². The van der Waals surface area contributed by atoms with Crippen LogP contribution in [-0.2, 0) is 20.2 Å². The highest BCUT2D eigenvalue weighted by Crippen LogP contribution is 2.24. The van der Waals surface area contributed by atoms with E-state index < -0.39 is 10.0 Å². The van der Waals surface area contributed by atoms with E-state index in [0.717, 1.165) is 12.0 Å². The maximum Gasteiger partial charge on any atom is 0.240 e. The minimum absolute atomic E-state index is 0.0285. The lowest BCUT2D eigenvalue weighted by Gasteiger charge is -2.21. The van der Waals surface area contributed by atoms with Crippen LogP contribution in [0.1, 0.15) is 46.1 Å². The first-order chi connectivity index (χ1) is 12.0. The molecule has 1 heterocycles. The standard InChI is InChI=1S/C19H31N3O3S/c1-14-11-15(12-20)13-22(14)18(23)9-10-21-26(24,25)17-7-5-16(6-8-17)19(2,3)4/h5-8,14-15,21H,9-13,20H2,1-4H3. The molecule has 0 spiro atoms. The number of rotatable bonds is 6. The highest BCUT2D eigenvalue weighted by molar-refractivity contribution is 7.89. The van der Waals surface area contributed by atoms with Crippen molar-refractivity contribution >= 4 is 15.9 Å². The van der Waals surface area contributed by atoms with Crippen LogP contribution in [0.4, 0.5) is 0 Å². The fraction of sp³-hybridized carbons (Fsp3) is 0.632. The summed E-state index contributed by atoms with van der Waals surface area (Å²) in [5, 5.41) is 0. The van der Waals surface area contributed by atoms with Crippen LogP contribution in [0.25, 0.3) is 0 Å². The summed E-state index contributed by atoms with van der Waals surface area (Å²) in [7, 11) is -3.61. The monoisotopic (exact) mass is 381 g/mol. The first-order valence-electron chi connectivity index (χ1n) is 9.14. The van der Waals surface area contributed by atoms with E-state index in [-0.39, 0.29) is 35.2 Å². The highest BCUT2D eigenvalue weighted by Gasteiger charge is 2.31. The summed E-state index contributed by atoms with van der Waals surface area (Å²) in [6.07, 6.45) is 1.06. The fourth-order valence-electron chi connectivity index (χ4n) is 3.31. The summed E-state index contributed by atoms with van der Waals surface area (Å²) in [6.45, 7) is 9.58. The number of sulfonamides is 1. The fourth-order valence-corrected chi connectivity index (χ4v) is 4.35. The van der Waals surface area contributed by atoms with Gasteiger partial charge in [-0.15, -0.1) is 0 Å². The maximum atomic E-state index is 12.4. The molecule has 1 aromatic carbocycles. The van der Waals surface area contributed by atoms with Crippen molar-refractivity contribution in [1.29, 1.82) is 0 Å². The van der Waals surface area contributed by atoms with Crippen LogP contribution in [0, 0.1) is 5.92 Å². The van der Waals surface area contributed by atoms with Crippen LogP contribution in [0.2, 0.25) is 0 Å². The zero-order chi connectivity index (χ0) is 19.5. The molecule has 2 rings (SSSR count). The first-order valence-corrected chi connectivity index (χ1v) is 10.6. The minimum atomic E-state index is -3.61. The molecule has 1 saturated heterocycles. The molecule has 0 saturated carbocycles. The van der Waals surface area contributed by atoms with Crippen molar-refractivity contribution in [2.45, 2.75) is 56.9 Å². The van der Waals surface area contributed by atoms with E-state index in [0.29, 0.717) is 19.0 Å². The Morgan fingerprint density at radius 1 is 1.27 bits per heavy atom. The minimum Gasteiger partial charge on any atom is -0.340 e. The van der Waals surface area contributed by atoms with Gasteiger partial charge < -0.3 is 10.6 Å². The van der Waals surface area contributed by atoms with Gasteiger partial charge in [0, 0.05) is 25.6 Å². The first kappa shape index (κ1) is 20.9. The molecule has 146 valence electrons. The second kappa shape index (κ2) is 8.06. The second-order valence-corrected chi connectivity index (χ2v) is 9.92. The average molecular weight is 382 g/mol. The Bertz CT molecular complexity index is 723. The smallest absolute Gasteiger partial charge is 0.240 e. The average Bonchev–Trinajstić information content (AvgIpc) is 2.95. The van der Waals surface area contributed by atoms with Gasteiger partial charge >= 0.3 is 0 Å². The van der Waals surface area contributed by atoms with Crippen LogP contribution < -0.4 is 10.5 Å². The Hall–Kier alpha value is -1.44. The molecule has 1 fully saturated rings. The number of hydrogen-bond acceptors (Lipinski definition) is 4. The van der Waals surface area contributed by atoms with E-state index in [1.807, 2.05) is 24.0 Å². The molecule has 1 amide bonds. The summed E-state index contributed by atoms with van der Waals surface area (Å²) >= 11 is 0. The highest BCUT2D eigenvalue weighted by atomic mass is 32.2. The lowest BCUT2D eigenvalue weighted by molar-refractivity contribution is -0.131. The lowest BCUT2D eigenvalue weighted by atomic mass is 9.87. The third-order valence-corrected chi connectivity index (χ3v) is 6.45. The van der Waals surface area contributed by atoms with Crippen LogP contribution in [-0.4, -0.2) is 44.9 Å². The van der Waals surface area contributed by atoms with Gasteiger partial charge in [0.2, 0.25) is 15.9 Å². The summed E-state index contributed by atoms with van der Waals surface area (Å²) < 4.78 is 27.3. The zero-order valence-corrected chi connectivity index (χ0v) is 17.0. The summed E-state index contributed by atoms with van der Waals surface area (Å²) in [5.41, 5.74) is 6.73. The van der Waals surface area contributed by atoms with Gasteiger partial charge in [0.15, 0.2) is 0 Å². The molecular weight excluding hydrogens is 350 g/mol. The third kappa shape index (κ3) is 5.05. The number of carbonyl (C=O) groups is 1. The van der Waals surface area contributed by atoms with Crippen LogP contribution in [0.15, 0.2) is 29.2 Å². The van der Waals surface area contributed by atoms with Gasteiger partial charge in [-0.1, -0.05) is 32.9 Å². The number of carbonyl (C=O) groups excluding carboxylic acids is 1. The lowest BCUT2D eigenvalue weighted by Crippen LogP contribution is -2.37. The van der Waals surface area contributed by atoms with Crippen molar-refractivity contribution in [3.05, 3.63) is 29.8 Å². The van der Waals surface area contributed by atoms with Gasteiger partial charge in [-0.05, 0) is 48.9 Å². The molecule has 2 unspecified atom stereocenters. The van der Waals surface area contributed by atoms with Gasteiger partial charge in [-0.2, -0.15) is 0 Å². The van der Waals surface area contributed by atoms with E-state index in [1.54, 1.807) is 12.1 Å². The van der Waals surface area contributed by atoms with Crippen molar-refractivity contribution in [1.82, 2.24) is 9.62 Å². The van der Waals surface area contributed by atoms with E-state index in [9.17, 15) is 13.2 Å². The Morgan fingerprint density at radius 2 is 1.88 bits per heavy atom. The number of amides is 1. The van der Waals surface area contributed by atoms with Crippen LogP contribution >= 0.6 is 0 Å². The molecule has 1 aliphatic heterocycles. The Morgan fingerprint density at radius 3 is 2.38 bits per heavy atom. The van der Waals surface area contributed by atoms with Crippen LogP contribution in [0.3, 0.4) is 0 Å². The number of nitrogens with zero attached hydrogens (tertiary/aromatic N) is 1. The normalized spacial score (nSPS) is 21.2. The summed E-state index contributed by atoms with van der Waals surface area (Å²) in [4.78, 5) is 14.4. The van der Waals surface area contributed by atoms with Crippen molar-refractivity contribution in [3.8, 4) is 0 Å². The topological polar surface area (TPSA) is 92.5 Å². The Kier molecular flexibility index (Phi) is 6.47. The molecular formula is C19H31N3O3S. The molecule has 1 aromatic rings. The Balaban J connectivity index is 1.91. The molecule has 26 heavy (non-hydrogen) atoms. The molecule has 3 N–H and O–H groups in total. The molecule has 2 atom stereocenters. The van der Waals surface area contributed by atoms with Crippen molar-refractivity contribution in [2.24, 2.45) is 11.7 Å². The second-order valence-electron chi connectivity index (χ2n) is 8.15. The molecule has 1 aliphatic rings. The SMILES string of the molecule is CC1CC(CN)CN1C(=O)CCNS(=O)(=O)c1ccc(C(C)(C)C)cc1. The van der Waals surface area contributed by atoms with E-state index in [1.165, 1.54) is 0 Å². The molecule has 0 aliphatic carbocycles. The predicted molar refractivity (Wildman–Crippen MR) is 103 cm³/mol. The number of benzene rings is 1. The van der Waals surface area contributed by atoms with Gasteiger partial charge in [0.05, 0.1) is 4.90 Å². The molecule has 7 heteroatoms. The molecule has 0 radical (unpaired) electrons. The van der Waals surface area contributed by atoms with Gasteiger partial charge in [-0.25, -0.2) is 13.1 Å². The van der Waals surface area contributed by atoms with Gasteiger partial charge in [0.25, 0.3) is 0 Å². The van der Waals surface area contributed by atoms with Gasteiger partial charge in [0.1, 0.15) is 0 Å².